The van der Waals surface area contributed by atoms with E-state index >= 15 is 0 Å². The van der Waals surface area contributed by atoms with E-state index in [1.165, 1.54) is 10.4 Å². The minimum atomic E-state index is 0.806. The van der Waals surface area contributed by atoms with Gasteiger partial charge in [0.05, 0.1) is 17.7 Å². The van der Waals surface area contributed by atoms with Gasteiger partial charge in [-0.05, 0) is 25.0 Å². The summed E-state index contributed by atoms with van der Waals surface area (Å²) < 4.78 is 0. The van der Waals surface area contributed by atoms with Gasteiger partial charge < -0.3 is 5.32 Å². The van der Waals surface area contributed by atoms with E-state index in [4.69, 9.17) is 0 Å². The quantitative estimate of drug-likeness (QED) is 0.882. The van der Waals surface area contributed by atoms with Gasteiger partial charge in [0.25, 0.3) is 0 Å². The molecule has 0 radical (unpaired) electrons. The van der Waals surface area contributed by atoms with Crippen LogP contribution in [0.1, 0.15) is 23.1 Å². The van der Waals surface area contributed by atoms with E-state index in [0.29, 0.717) is 0 Å². The highest BCUT2D eigenvalue weighted by molar-refractivity contribution is 7.09. The fraction of sp³-hybridized carbons (Fsp3) is 0.333. The van der Waals surface area contributed by atoms with E-state index in [1.807, 2.05) is 24.7 Å². The van der Waals surface area contributed by atoms with Crippen molar-refractivity contribution in [2.75, 3.05) is 5.32 Å². The van der Waals surface area contributed by atoms with Gasteiger partial charge in [0.1, 0.15) is 5.82 Å². The standard InChI is InChI=1S/C12H15N3S/c1-3-10-5-4-6-13-12(10)14-7-11-9(2)15-8-16-11/h4-6,8H,3,7H2,1-2H3,(H,13,14). The largest absolute Gasteiger partial charge is 0.365 e. The molecule has 0 saturated heterocycles. The second-order valence-electron chi connectivity index (χ2n) is 3.58. The van der Waals surface area contributed by atoms with Gasteiger partial charge in [-0.25, -0.2) is 9.97 Å². The molecule has 0 saturated carbocycles. The Balaban J connectivity index is 2.07. The Bertz CT molecular complexity index is 465. The Morgan fingerprint density at radius 2 is 2.25 bits per heavy atom. The number of nitrogens with zero attached hydrogens (tertiary/aromatic N) is 2. The van der Waals surface area contributed by atoms with Gasteiger partial charge in [0.2, 0.25) is 0 Å². The number of thiazole rings is 1. The monoisotopic (exact) mass is 233 g/mol. The van der Waals surface area contributed by atoms with Gasteiger partial charge in [-0.3, -0.25) is 0 Å². The van der Waals surface area contributed by atoms with Gasteiger partial charge in [-0.2, -0.15) is 0 Å². The fourth-order valence-electron chi connectivity index (χ4n) is 1.54. The molecule has 3 nitrogen and oxygen atoms in total. The van der Waals surface area contributed by atoms with Crippen LogP contribution in [-0.2, 0) is 13.0 Å². The Morgan fingerprint density at radius 3 is 2.94 bits per heavy atom. The van der Waals surface area contributed by atoms with E-state index in [1.54, 1.807) is 11.3 Å². The first-order chi connectivity index (χ1) is 7.81. The third kappa shape index (κ3) is 2.39. The van der Waals surface area contributed by atoms with Crippen LogP contribution in [0.25, 0.3) is 0 Å². The third-order valence-electron chi connectivity index (χ3n) is 2.53. The molecular formula is C12H15N3S. The highest BCUT2D eigenvalue weighted by Gasteiger charge is 2.04. The van der Waals surface area contributed by atoms with Gasteiger partial charge in [0.15, 0.2) is 0 Å². The molecule has 0 amide bonds. The molecule has 16 heavy (non-hydrogen) atoms. The molecule has 0 fully saturated rings. The fourth-order valence-corrected chi connectivity index (χ4v) is 2.26. The average Bonchev–Trinajstić information content (AvgIpc) is 2.72. The van der Waals surface area contributed by atoms with E-state index in [0.717, 1.165) is 24.5 Å². The maximum Gasteiger partial charge on any atom is 0.129 e. The molecule has 0 aliphatic heterocycles. The topological polar surface area (TPSA) is 37.8 Å². The number of hydrogen-bond donors (Lipinski definition) is 1. The zero-order valence-corrected chi connectivity index (χ0v) is 10.3. The second-order valence-corrected chi connectivity index (χ2v) is 4.52. The predicted molar refractivity (Wildman–Crippen MR) is 67.8 cm³/mol. The van der Waals surface area contributed by atoms with Crippen molar-refractivity contribution in [3.63, 3.8) is 0 Å². The van der Waals surface area contributed by atoms with Crippen LogP contribution in [0, 0.1) is 6.92 Å². The summed E-state index contributed by atoms with van der Waals surface area (Å²) in [5.41, 5.74) is 4.24. The first-order valence-corrected chi connectivity index (χ1v) is 6.26. The van der Waals surface area contributed by atoms with Gasteiger partial charge in [-0.1, -0.05) is 13.0 Å². The van der Waals surface area contributed by atoms with Gasteiger partial charge >= 0.3 is 0 Å². The molecule has 2 aromatic heterocycles. The zero-order valence-electron chi connectivity index (χ0n) is 9.53. The van der Waals surface area contributed by atoms with Gasteiger partial charge in [0, 0.05) is 11.1 Å². The van der Waals surface area contributed by atoms with Crippen LogP contribution in [0.15, 0.2) is 23.8 Å². The van der Waals surface area contributed by atoms with Crippen molar-refractivity contribution in [1.29, 1.82) is 0 Å². The smallest absolute Gasteiger partial charge is 0.129 e. The van der Waals surface area contributed by atoms with E-state index in [9.17, 15) is 0 Å². The van der Waals surface area contributed by atoms with E-state index < -0.39 is 0 Å². The molecule has 1 N–H and O–H groups in total. The molecular weight excluding hydrogens is 218 g/mol. The van der Waals surface area contributed by atoms with Crippen LogP contribution in [-0.4, -0.2) is 9.97 Å². The van der Waals surface area contributed by atoms with Crippen molar-refractivity contribution < 1.29 is 0 Å². The van der Waals surface area contributed by atoms with Crippen molar-refractivity contribution >= 4 is 17.2 Å². The normalized spacial score (nSPS) is 10.4. The van der Waals surface area contributed by atoms with Crippen molar-refractivity contribution in [3.8, 4) is 0 Å². The highest BCUT2D eigenvalue weighted by atomic mass is 32.1. The first-order valence-electron chi connectivity index (χ1n) is 5.38. The average molecular weight is 233 g/mol. The summed E-state index contributed by atoms with van der Waals surface area (Å²) >= 11 is 1.68. The number of aryl methyl sites for hydroxylation is 2. The van der Waals surface area contributed by atoms with Crippen molar-refractivity contribution in [3.05, 3.63) is 40.0 Å². The molecule has 2 heterocycles. The summed E-state index contributed by atoms with van der Waals surface area (Å²) in [4.78, 5) is 9.85. The molecule has 0 aliphatic rings. The van der Waals surface area contributed by atoms with Crippen LogP contribution in [0.2, 0.25) is 0 Å². The number of anilines is 1. The lowest BCUT2D eigenvalue weighted by molar-refractivity contribution is 1.05. The first kappa shape index (κ1) is 11.1. The summed E-state index contributed by atoms with van der Waals surface area (Å²) in [6.07, 6.45) is 2.82. The molecule has 0 atom stereocenters. The zero-order chi connectivity index (χ0) is 11.4. The van der Waals surface area contributed by atoms with Crippen molar-refractivity contribution in [2.24, 2.45) is 0 Å². The van der Waals surface area contributed by atoms with Crippen LogP contribution in [0.4, 0.5) is 5.82 Å². The molecule has 4 heteroatoms. The summed E-state index contributed by atoms with van der Waals surface area (Å²) in [6, 6.07) is 4.08. The highest BCUT2D eigenvalue weighted by Crippen LogP contribution is 2.16. The maximum absolute atomic E-state index is 4.35. The van der Waals surface area contributed by atoms with Crippen LogP contribution < -0.4 is 5.32 Å². The summed E-state index contributed by atoms with van der Waals surface area (Å²) in [6.45, 7) is 4.98. The van der Waals surface area contributed by atoms with Crippen LogP contribution in [0.5, 0.6) is 0 Å². The lowest BCUT2D eigenvalue weighted by Gasteiger charge is -2.08. The van der Waals surface area contributed by atoms with Crippen molar-refractivity contribution in [1.82, 2.24) is 9.97 Å². The predicted octanol–water partition coefficient (Wildman–Crippen LogP) is 3.02. The minimum Gasteiger partial charge on any atom is -0.365 e. The summed E-state index contributed by atoms with van der Waals surface area (Å²) in [5.74, 6) is 0.984. The maximum atomic E-state index is 4.35. The lowest BCUT2D eigenvalue weighted by atomic mass is 10.2. The van der Waals surface area contributed by atoms with Crippen LogP contribution in [0.3, 0.4) is 0 Å². The number of aromatic nitrogens is 2. The number of nitrogens with one attached hydrogen (secondary N) is 1. The van der Waals surface area contributed by atoms with E-state index in [-0.39, 0.29) is 0 Å². The molecule has 0 unspecified atom stereocenters. The molecule has 0 spiro atoms. The summed E-state index contributed by atoms with van der Waals surface area (Å²) in [7, 11) is 0. The Kier molecular flexibility index (Phi) is 3.51. The third-order valence-corrected chi connectivity index (χ3v) is 3.47. The van der Waals surface area contributed by atoms with Crippen LogP contribution >= 0.6 is 11.3 Å². The Hall–Kier alpha value is -1.42. The number of pyridine rings is 1. The Labute approximate surface area is 99.6 Å². The number of rotatable bonds is 4. The molecule has 0 bridgehead atoms. The molecule has 2 aromatic rings. The molecule has 84 valence electrons. The lowest BCUT2D eigenvalue weighted by Crippen LogP contribution is -2.03. The Morgan fingerprint density at radius 1 is 1.38 bits per heavy atom. The minimum absolute atomic E-state index is 0.806. The molecule has 0 aliphatic carbocycles. The number of hydrogen-bond acceptors (Lipinski definition) is 4. The SMILES string of the molecule is CCc1cccnc1NCc1scnc1C. The molecule has 2 rings (SSSR count). The van der Waals surface area contributed by atoms with Gasteiger partial charge in [-0.15, -0.1) is 11.3 Å². The van der Waals surface area contributed by atoms with Crippen molar-refractivity contribution in [2.45, 2.75) is 26.8 Å². The molecule has 0 aromatic carbocycles. The second kappa shape index (κ2) is 5.07. The summed E-state index contributed by atoms with van der Waals surface area (Å²) in [5, 5.41) is 3.37. The van der Waals surface area contributed by atoms with E-state index in [2.05, 4.69) is 28.3 Å².